The van der Waals surface area contributed by atoms with Crippen LogP contribution in [0.15, 0.2) is 23.3 Å². The van der Waals surface area contributed by atoms with Gasteiger partial charge in [0.15, 0.2) is 6.23 Å². The molecule has 1 saturated heterocycles. The normalized spacial score (nSPS) is 21.2. The van der Waals surface area contributed by atoms with Gasteiger partial charge in [0, 0.05) is 5.41 Å². The number of ether oxygens (including phenoxy) is 1. The Morgan fingerprint density at radius 2 is 2.00 bits per heavy atom. The van der Waals surface area contributed by atoms with Gasteiger partial charge in [0.1, 0.15) is 13.2 Å². The SMILES string of the molecule is CC(C)=CCC/C(C)=C/CC(C)(C)[C@H]1[NH2+]CCO1. The molecule has 0 aromatic heterocycles. The molecule has 2 heteroatoms. The summed E-state index contributed by atoms with van der Waals surface area (Å²) in [5.74, 6) is 0. The summed E-state index contributed by atoms with van der Waals surface area (Å²) >= 11 is 0. The molecular weight excluding hydrogens is 222 g/mol. The zero-order chi connectivity index (χ0) is 13.6. The van der Waals surface area contributed by atoms with Crippen LogP contribution in [-0.2, 0) is 4.74 Å². The van der Waals surface area contributed by atoms with E-state index in [0.717, 1.165) is 26.0 Å². The third kappa shape index (κ3) is 5.36. The molecule has 1 heterocycles. The van der Waals surface area contributed by atoms with Crippen LogP contribution < -0.4 is 5.32 Å². The van der Waals surface area contributed by atoms with Crippen molar-refractivity contribution in [2.75, 3.05) is 13.2 Å². The van der Waals surface area contributed by atoms with Gasteiger partial charge in [-0.15, -0.1) is 0 Å². The van der Waals surface area contributed by atoms with Crippen LogP contribution in [0.5, 0.6) is 0 Å². The van der Waals surface area contributed by atoms with E-state index < -0.39 is 0 Å². The molecule has 0 saturated carbocycles. The largest absolute Gasteiger partial charge is 0.323 e. The first kappa shape index (κ1) is 15.5. The minimum Gasteiger partial charge on any atom is -0.323 e. The smallest absolute Gasteiger partial charge is 0.195 e. The molecule has 0 unspecified atom stereocenters. The second kappa shape index (κ2) is 7.10. The van der Waals surface area contributed by atoms with Crippen molar-refractivity contribution in [3.05, 3.63) is 23.3 Å². The van der Waals surface area contributed by atoms with E-state index in [-0.39, 0.29) is 5.41 Å². The summed E-state index contributed by atoms with van der Waals surface area (Å²) < 4.78 is 5.77. The standard InChI is InChI=1S/C16H29NO/c1-13(2)7-6-8-14(3)9-10-16(4,5)15-17-11-12-18-15/h7,9,15,17H,6,8,10-12H2,1-5H3/p+1/b14-9+/t15-/m0/s1. The minimum atomic E-state index is 0.230. The Morgan fingerprint density at radius 3 is 2.56 bits per heavy atom. The van der Waals surface area contributed by atoms with E-state index in [9.17, 15) is 0 Å². The Bertz CT molecular complexity index is 305. The summed E-state index contributed by atoms with van der Waals surface area (Å²) in [6.07, 6.45) is 8.49. The molecule has 0 aromatic carbocycles. The first-order valence-corrected chi connectivity index (χ1v) is 7.16. The van der Waals surface area contributed by atoms with Gasteiger partial charge in [-0.05, 0) is 40.0 Å². The van der Waals surface area contributed by atoms with Crippen molar-refractivity contribution in [2.45, 2.75) is 60.1 Å². The molecule has 0 aromatic rings. The van der Waals surface area contributed by atoms with Gasteiger partial charge >= 0.3 is 0 Å². The third-order valence-electron chi connectivity index (χ3n) is 3.63. The van der Waals surface area contributed by atoms with Crippen LogP contribution in [-0.4, -0.2) is 19.4 Å². The van der Waals surface area contributed by atoms with Crippen molar-refractivity contribution < 1.29 is 10.1 Å². The summed E-state index contributed by atoms with van der Waals surface area (Å²) in [4.78, 5) is 0. The predicted octanol–water partition coefficient (Wildman–Crippen LogP) is 3.02. The molecular formula is C16H30NO+. The van der Waals surface area contributed by atoms with Gasteiger partial charge in [-0.3, -0.25) is 0 Å². The van der Waals surface area contributed by atoms with Gasteiger partial charge in [-0.1, -0.05) is 37.1 Å². The Labute approximate surface area is 112 Å². The first-order chi connectivity index (χ1) is 8.42. The van der Waals surface area contributed by atoms with Crippen molar-refractivity contribution in [3.8, 4) is 0 Å². The van der Waals surface area contributed by atoms with E-state index in [1.165, 1.54) is 17.6 Å². The lowest BCUT2D eigenvalue weighted by atomic mass is 9.86. The fourth-order valence-electron chi connectivity index (χ4n) is 2.27. The van der Waals surface area contributed by atoms with Crippen LogP contribution in [0.1, 0.15) is 53.9 Å². The lowest BCUT2D eigenvalue weighted by Gasteiger charge is -2.26. The van der Waals surface area contributed by atoms with Crippen molar-refractivity contribution in [3.63, 3.8) is 0 Å². The molecule has 1 aliphatic heterocycles. The molecule has 0 amide bonds. The number of hydrogen-bond acceptors (Lipinski definition) is 1. The van der Waals surface area contributed by atoms with Gasteiger partial charge in [-0.25, -0.2) is 0 Å². The lowest BCUT2D eigenvalue weighted by molar-refractivity contribution is -0.704. The second-order valence-corrected chi connectivity index (χ2v) is 6.38. The molecule has 104 valence electrons. The number of quaternary nitrogens is 1. The quantitative estimate of drug-likeness (QED) is 0.723. The number of nitrogens with two attached hydrogens (primary N) is 1. The maximum Gasteiger partial charge on any atom is 0.195 e. The lowest BCUT2D eigenvalue weighted by Crippen LogP contribution is -2.89. The molecule has 1 fully saturated rings. The molecule has 1 aliphatic rings. The number of hydrogen-bond donors (Lipinski definition) is 1. The Morgan fingerprint density at radius 1 is 1.28 bits per heavy atom. The van der Waals surface area contributed by atoms with Crippen LogP contribution in [0.2, 0.25) is 0 Å². The summed E-state index contributed by atoms with van der Waals surface area (Å²) in [5.41, 5.74) is 3.14. The third-order valence-corrected chi connectivity index (χ3v) is 3.63. The van der Waals surface area contributed by atoms with Crippen LogP contribution in [0.3, 0.4) is 0 Å². The minimum absolute atomic E-state index is 0.230. The van der Waals surface area contributed by atoms with E-state index in [0.29, 0.717) is 6.23 Å². The monoisotopic (exact) mass is 252 g/mol. The molecule has 1 rings (SSSR count). The number of rotatable bonds is 6. The van der Waals surface area contributed by atoms with Crippen LogP contribution in [0.25, 0.3) is 0 Å². The zero-order valence-corrected chi connectivity index (χ0v) is 12.8. The van der Waals surface area contributed by atoms with Crippen LogP contribution >= 0.6 is 0 Å². The van der Waals surface area contributed by atoms with Crippen molar-refractivity contribution in [1.82, 2.24) is 0 Å². The zero-order valence-electron chi connectivity index (χ0n) is 12.8. The van der Waals surface area contributed by atoms with Gasteiger partial charge < -0.3 is 10.1 Å². The highest BCUT2D eigenvalue weighted by atomic mass is 16.5. The summed E-state index contributed by atoms with van der Waals surface area (Å²) in [6.45, 7) is 13.2. The summed E-state index contributed by atoms with van der Waals surface area (Å²) in [7, 11) is 0. The van der Waals surface area contributed by atoms with Gasteiger partial charge in [0.25, 0.3) is 0 Å². The average Bonchev–Trinajstić information content (AvgIpc) is 2.80. The molecule has 18 heavy (non-hydrogen) atoms. The molecule has 0 bridgehead atoms. The molecule has 0 aliphatic carbocycles. The average molecular weight is 252 g/mol. The van der Waals surface area contributed by atoms with Crippen molar-refractivity contribution in [1.29, 1.82) is 0 Å². The van der Waals surface area contributed by atoms with E-state index in [1.54, 1.807) is 0 Å². The van der Waals surface area contributed by atoms with Crippen LogP contribution in [0.4, 0.5) is 0 Å². The maximum atomic E-state index is 5.77. The molecule has 2 nitrogen and oxygen atoms in total. The van der Waals surface area contributed by atoms with E-state index in [2.05, 4.69) is 52.1 Å². The molecule has 0 radical (unpaired) electrons. The fraction of sp³-hybridized carbons (Fsp3) is 0.750. The van der Waals surface area contributed by atoms with E-state index in [1.807, 2.05) is 0 Å². The highest BCUT2D eigenvalue weighted by Gasteiger charge is 2.35. The van der Waals surface area contributed by atoms with Gasteiger partial charge in [-0.2, -0.15) is 0 Å². The topological polar surface area (TPSA) is 25.8 Å². The van der Waals surface area contributed by atoms with E-state index in [4.69, 9.17) is 4.74 Å². The molecule has 0 spiro atoms. The van der Waals surface area contributed by atoms with Crippen molar-refractivity contribution >= 4 is 0 Å². The Balaban J connectivity index is 2.38. The van der Waals surface area contributed by atoms with Gasteiger partial charge in [0.2, 0.25) is 0 Å². The summed E-state index contributed by atoms with van der Waals surface area (Å²) in [6, 6.07) is 0. The molecule has 1 atom stereocenters. The Hall–Kier alpha value is -0.600. The predicted molar refractivity (Wildman–Crippen MR) is 77.4 cm³/mol. The number of allylic oxidation sites excluding steroid dienone is 4. The highest BCUT2D eigenvalue weighted by Crippen LogP contribution is 2.26. The maximum absolute atomic E-state index is 5.77. The Kier molecular flexibility index (Phi) is 6.10. The van der Waals surface area contributed by atoms with E-state index >= 15 is 0 Å². The molecule has 2 N–H and O–H groups in total. The van der Waals surface area contributed by atoms with Gasteiger partial charge in [0.05, 0.1) is 0 Å². The fourth-order valence-corrected chi connectivity index (χ4v) is 2.27. The van der Waals surface area contributed by atoms with Crippen LogP contribution in [0, 0.1) is 5.41 Å². The second-order valence-electron chi connectivity index (χ2n) is 6.38. The first-order valence-electron chi connectivity index (χ1n) is 7.16. The highest BCUT2D eigenvalue weighted by molar-refractivity contribution is 5.03. The van der Waals surface area contributed by atoms with Crippen molar-refractivity contribution in [2.24, 2.45) is 5.41 Å². The summed E-state index contributed by atoms with van der Waals surface area (Å²) in [5, 5.41) is 2.33.